The summed E-state index contributed by atoms with van der Waals surface area (Å²) in [7, 11) is 0. The molecule has 3 aromatic rings. The molecule has 128 valence electrons. The van der Waals surface area contributed by atoms with Crippen LogP contribution in [-0.4, -0.2) is 11.1 Å². The molecule has 0 aliphatic rings. The van der Waals surface area contributed by atoms with E-state index in [1.807, 2.05) is 19.1 Å². The van der Waals surface area contributed by atoms with Crippen LogP contribution in [0.3, 0.4) is 0 Å². The fraction of sp³-hybridized carbons (Fsp3) is 0.111. The Hall–Kier alpha value is -2.18. The molecule has 1 heterocycles. The molecule has 0 saturated carbocycles. The van der Waals surface area contributed by atoms with Gasteiger partial charge in [0.2, 0.25) is 0 Å². The number of hydrogen-bond donors (Lipinski definition) is 1. The van der Waals surface area contributed by atoms with Crippen molar-refractivity contribution < 1.29 is 13.7 Å². The van der Waals surface area contributed by atoms with E-state index in [9.17, 15) is 9.18 Å². The van der Waals surface area contributed by atoms with Crippen molar-refractivity contribution in [2.24, 2.45) is 0 Å². The van der Waals surface area contributed by atoms with E-state index in [4.69, 9.17) is 16.1 Å². The van der Waals surface area contributed by atoms with Crippen LogP contribution in [0.2, 0.25) is 5.02 Å². The van der Waals surface area contributed by atoms with Crippen molar-refractivity contribution in [1.29, 1.82) is 0 Å². The van der Waals surface area contributed by atoms with Gasteiger partial charge in [0.25, 0.3) is 5.91 Å². The van der Waals surface area contributed by atoms with Gasteiger partial charge in [0.1, 0.15) is 22.8 Å². The van der Waals surface area contributed by atoms with Gasteiger partial charge < -0.3 is 9.84 Å². The van der Waals surface area contributed by atoms with E-state index in [1.54, 1.807) is 13.0 Å². The van der Waals surface area contributed by atoms with E-state index in [1.165, 1.54) is 18.2 Å². The van der Waals surface area contributed by atoms with Gasteiger partial charge in [0, 0.05) is 10.2 Å². The van der Waals surface area contributed by atoms with Crippen molar-refractivity contribution in [3.8, 4) is 11.3 Å². The van der Waals surface area contributed by atoms with Crippen molar-refractivity contribution in [2.75, 3.05) is 5.32 Å². The topological polar surface area (TPSA) is 55.1 Å². The Kier molecular flexibility index (Phi) is 4.92. The highest BCUT2D eigenvalue weighted by atomic mass is 79.9. The lowest BCUT2D eigenvalue weighted by atomic mass is 10.0. The lowest BCUT2D eigenvalue weighted by molar-refractivity contribution is 0.102. The number of rotatable bonds is 3. The third-order valence-electron chi connectivity index (χ3n) is 3.73. The van der Waals surface area contributed by atoms with Crippen LogP contribution in [0.25, 0.3) is 11.3 Å². The van der Waals surface area contributed by atoms with Gasteiger partial charge >= 0.3 is 0 Å². The second-order valence-corrected chi connectivity index (χ2v) is 6.80. The zero-order valence-electron chi connectivity index (χ0n) is 13.4. The van der Waals surface area contributed by atoms with Gasteiger partial charge in [-0.2, -0.15) is 0 Å². The first kappa shape index (κ1) is 17.6. The Bertz CT molecular complexity index is 951. The van der Waals surface area contributed by atoms with Gasteiger partial charge in [-0.15, -0.1) is 0 Å². The van der Waals surface area contributed by atoms with Gasteiger partial charge in [-0.3, -0.25) is 4.79 Å². The number of amides is 1. The van der Waals surface area contributed by atoms with E-state index in [2.05, 4.69) is 26.4 Å². The summed E-state index contributed by atoms with van der Waals surface area (Å²) < 4.78 is 20.3. The second kappa shape index (κ2) is 6.98. The normalized spacial score (nSPS) is 10.8. The van der Waals surface area contributed by atoms with Crippen molar-refractivity contribution in [3.05, 3.63) is 68.6 Å². The predicted octanol–water partition coefficient (Wildman–Crippen LogP) is 5.77. The molecule has 0 fully saturated rings. The lowest BCUT2D eigenvalue weighted by Gasteiger charge is -2.10. The third-order valence-corrected chi connectivity index (χ3v) is 4.53. The Morgan fingerprint density at radius 3 is 2.72 bits per heavy atom. The van der Waals surface area contributed by atoms with Crippen LogP contribution in [0.5, 0.6) is 0 Å². The van der Waals surface area contributed by atoms with Crippen LogP contribution in [-0.2, 0) is 0 Å². The number of anilines is 1. The highest BCUT2D eigenvalue weighted by Crippen LogP contribution is 2.34. The molecule has 2 aromatic carbocycles. The molecule has 0 saturated heterocycles. The van der Waals surface area contributed by atoms with Crippen LogP contribution in [0, 0.1) is 19.7 Å². The molecule has 0 aliphatic carbocycles. The predicted molar refractivity (Wildman–Crippen MR) is 98.5 cm³/mol. The number of hydrogen-bond acceptors (Lipinski definition) is 3. The molecular formula is C18H13BrClFN2O2. The van der Waals surface area contributed by atoms with Gasteiger partial charge in [0.15, 0.2) is 0 Å². The second-order valence-electron chi connectivity index (χ2n) is 5.47. The Balaban J connectivity index is 2.03. The highest BCUT2D eigenvalue weighted by Gasteiger charge is 2.25. The number of nitrogens with one attached hydrogen (secondary N) is 1. The van der Waals surface area contributed by atoms with Crippen molar-refractivity contribution in [3.63, 3.8) is 0 Å². The summed E-state index contributed by atoms with van der Waals surface area (Å²) in [6.45, 7) is 3.46. The zero-order valence-corrected chi connectivity index (χ0v) is 15.7. The number of benzene rings is 2. The maximum atomic E-state index is 14.2. The Labute approximate surface area is 157 Å². The number of halogens is 3. The van der Waals surface area contributed by atoms with Crippen molar-refractivity contribution in [1.82, 2.24) is 5.16 Å². The quantitative estimate of drug-likeness (QED) is 0.582. The summed E-state index contributed by atoms with van der Waals surface area (Å²) in [4.78, 5) is 12.8. The van der Waals surface area contributed by atoms with Crippen LogP contribution in [0.1, 0.15) is 21.7 Å². The molecule has 7 heteroatoms. The molecule has 0 aliphatic heterocycles. The summed E-state index contributed by atoms with van der Waals surface area (Å²) >= 11 is 9.47. The van der Waals surface area contributed by atoms with Gasteiger partial charge in [-0.25, -0.2) is 4.39 Å². The molecule has 1 N–H and O–H groups in total. The van der Waals surface area contributed by atoms with Crippen molar-refractivity contribution in [2.45, 2.75) is 13.8 Å². The summed E-state index contributed by atoms with van der Waals surface area (Å²) in [6, 6.07) is 9.74. The number of aryl methyl sites for hydroxylation is 2. The van der Waals surface area contributed by atoms with E-state index in [0.717, 1.165) is 10.0 Å². The maximum absolute atomic E-state index is 14.2. The number of nitrogens with zero attached hydrogens (tertiary/aromatic N) is 1. The van der Waals surface area contributed by atoms with Crippen LogP contribution in [0.15, 0.2) is 45.4 Å². The molecule has 0 unspecified atom stereocenters. The summed E-state index contributed by atoms with van der Waals surface area (Å²) in [5.41, 5.74) is 1.78. The van der Waals surface area contributed by atoms with E-state index in [0.29, 0.717) is 5.69 Å². The van der Waals surface area contributed by atoms with Gasteiger partial charge in [-0.05, 0) is 49.7 Å². The summed E-state index contributed by atoms with van der Waals surface area (Å²) in [5, 5.41) is 6.80. The Morgan fingerprint density at radius 2 is 2.04 bits per heavy atom. The smallest absolute Gasteiger partial charge is 0.261 e. The van der Waals surface area contributed by atoms with E-state index < -0.39 is 11.7 Å². The largest absolute Gasteiger partial charge is 0.360 e. The molecule has 0 spiro atoms. The highest BCUT2D eigenvalue weighted by molar-refractivity contribution is 9.10. The number of aromatic nitrogens is 1. The Morgan fingerprint density at radius 1 is 1.28 bits per heavy atom. The number of carbonyl (C=O) groups is 1. The average molecular weight is 424 g/mol. The molecule has 0 bridgehead atoms. The third kappa shape index (κ3) is 3.45. The first-order valence-corrected chi connectivity index (χ1v) is 8.53. The fourth-order valence-corrected chi connectivity index (χ4v) is 3.21. The van der Waals surface area contributed by atoms with Crippen molar-refractivity contribution >= 4 is 39.1 Å². The molecule has 1 amide bonds. The minimum Gasteiger partial charge on any atom is -0.360 e. The van der Waals surface area contributed by atoms with Crippen LogP contribution < -0.4 is 5.32 Å². The molecule has 1 aromatic heterocycles. The first-order valence-electron chi connectivity index (χ1n) is 7.36. The summed E-state index contributed by atoms with van der Waals surface area (Å²) in [6.07, 6.45) is 0. The first-order chi connectivity index (χ1) is 11.9. The minimum atomic E-state index is -0.574. The molecule has 25 heavy (non-hydrogen) atoms. The van der Waals surface area contributed by atoms with Crippen LogP contribution >= 0.6 is 27.5 Å². The van der Waals surface area contributed by atoms with E-state index in [-0.39, 0.29) is 27.6 Å². The maximum Gasteiger partial charge on any atom is 0.261 e. The lowest BCUT2D eigenvalue weighted by Crippen LogP contribution is -2.14. The molecule has 0 atom stereocenters. The van der Waals surface area contributed by atoms with Crippen LogP contribution in [0.4, 0.5) is 10.1 Å². The minimum absolute atomic E-state index is 0.0405. The SMILES string of the molecule is Cc1cc(Br)ccc1NC(=O)c1c(-c2c(F)cccc2Cl)noc1C. The molecule has 4 nitrogen and oxygen atoms in total. The monoisotopic (exact) mass is 422 g/mol. The zero-order chi connectivity index (χ0) is 18.1. The average Bonchev–Trinajstić information content (AvgIpc) is 2.91. The molecule has 3 rings (SSSR count). The summed E-state index contributed by atoms with van der Waals surface area (Å²) in [5.74, 6) is -0.741. The standard InChI is InChI=1S/C18H13BrClFN2O2/c1-9-8-11(19)6-7-14(9)22-18(24)15-10(2)25-23-17(15)16-12(20)4-3-5-13(16)21/h3-8H,1-2H3,(H,22,24). The molecule has 0 radical (unpaired) electrons. The number of carbonyl (C=O) groups excluding carboxylic acids is 1. The fourth-order valence-electron chi connectivity index (χ4n) is 2.49. The van der Waals surface area contributed by atoms with Gasteiger partial charge in [0.05, 0.1) is 10.6 Å². The van der Waals surface area contributed by atoms with Gasteiger partial charge in [-0.1, -0.05) is 38.8 Å². The molecular weight excluding hydrogens is 411 g/mol. The van der Waals surface area contributed by atoms with E-state index >= 15 is 0 Å².